The Hall–Kier alpha value is -0.200. The van der Waals surface area contributed by atoms with Gasteiger partial charge in [-0.2, -0.15) is 0 Å². The van der Waals surface area contributed by atoms with Crippen LogP contribution in [0.5, 0.6) is 0 Å². The quantitative estimate of drug-likeness (QED) is 0.906. The molecule has 1 saturated heterocycles. The molecule has 2 unspecified atom stereocenters. The van der Waals surface area contributed by atoms with E-state index in [1.165, 1.54) is 11.3 Å². The van der Waals surface area contributed by atoms with Crippen molar-refractivity contribution in [3.05, 3.63) is 15.5 Å². The van der Waals surface area contributed by atoms with Crippen LogP contribution in [0.1, 0.15) is 30.2 Å². The Morgan fingerprint density at radius 1 is 1.69 bits per heavy atom. The van der Waals surface area contributed by atoms with Crippen LogP contribution in [-0.2, 0) is 9.47 Å². The zero-order valence-corrected chi connectivity index (χ0v) is 10.3. The molecule has 0 amide bonds. The van der Waals surface area contributed by atoms with Crippen molar-refractivity contribution >= 4 is 22.9 Å². The molecule has 0 saturated carbocycles. The summed E-state index contributed by atoms with van der Waals surface area (Å²) >= 11 is 7.29. The lowest BCUT2D eigenvalue weighted by atomic mass is 10.2. The number of halogens is 1. The Kier molecular flexibility index (Phi) is 4.55. The molecule has 1 fully saturated rings. The van der Waals surface area contributed by atoms with Crippen molar-refractivity contribution in [1.82, 2.24) is 4.98 Å². The number of hydrogen-bond donors (Lipinski definition) is 1. The summed E-state index contributed by atoms with van der Waals surface area (Å²) < 4.78 is 11.1. The molecule has 16 heavy (non-hydrogen) atoms. The second-order valence-electron chi connectivity index (χ2n) is 3.61. The first kappa shape index (κ1) is 12.3. The predicted octanol–water partition coefficient (Wildman–Crippen LogP) is 2.37. The molecule has 0 radical (unpaired) electrons. The Morgan fingerprint density at radius 2 is 2.56 bits per heavy atom. The van der Waals surface area contributed by atoms with Gasteiger partial charge in [0.25, 0.3) is 0 Å². The molecule has 6 heteroatoms. The molecule has 1 aromatic rings. The molecule has 0 spiro atoms. The van der Waals surface area contributed by atoms with Gasteiger partial charge in [0.2, 0.25) is 0 Å². The topological polar surface area (TPSA) is 51.6 Å². The van der Waals surface area contributed by atoms with Gasteiger partial charge in [-0.1, -0.05) is 11.6 Å². The number of hydrogen-bond acceptors (Lipinski definition) is 5. The summed E-state index contributed by atoms with van der Waals surface area (Å²) in [7, 11) is 0. The van der Waals surface area contributed by atoms with Crippen molar-refractivity contribution in [2.75, 3.05) is 13.2 Å². The van der Waals surface area contributed by atoms with Crippen LogP contribution in [-0.4, -0.2) is 29.6 Å². The van der Waals surface area contributed by atoms with Gasteiger partial charge in [0.15, 0.2) is 6.29 Å². The first-order valence-corrected chi connectivity index (χ1v) is 6.54. The largest absolute Gasteiger partial charge is 0.393 e. The van der Waals surface area contributed by atoms with E-state index < -0.39 is 6.10 Å². The van der Waals surface area contributed by atoms with E-state index in [9.17, 15) is 5.11 Å². The number of aromatic nitrogens is 1. The maximum Gasteiger partial charge on any atom is 0.158 e. The summed E-state index contributed by atoms with van der Waals surface area (Å²) in [5, 5.41) is 9.70. The molecule has 1 aromatic heterocycles. The van der Waals surface area contributed by atoms with Gasteiger partial charge in [0.1, 0.15) is 11.3 Å². The number of rotatable bonds is 4. The molecular formula is C10H14ClNO3S. The molecule has 0 bridgehead atoms. The van der Waals surface area contributed by atoms with Crippen molar-refractivity contribution in [1.29, 1.82) is 0 Å². The normalized spacial score (nSPS) is 23.2. The maximum absolute atomic E-state index is 9.29. The number of nitrogens with zero attached hydrogens (tertiary/aromatic N) is 1. The van der Waals surface area contributed by atoms with Gasteiger partial charge in [0, 0.05) is 6.61 Å². The third-order valence-electron chi connectivity index (χ3n) is 2.46. The second-order valence-corrected chi connectivity index (χ2v) is 4.86. The molecule has 0 aliphatic carbocycles. The molecule has 2 atom stereocenters. The minimum atomic E-state index is -0.428. The molecule has 90 valence electrons. The van der Waals surface area contributed by atoms with Crippen molar-refractivity contribution in [3.8, 4) is 0 Å². The fraction of sp³-hybridized carbons (Fsp3) is 0.700. The molecule has 1 aliphatic rings. The van der Waals surface area contributed by atoms with Crippen LogP contribution in [0.25, 0.3) is 0 Å². The highest BCUT2D eigenvalue weighted by atomic mass is 35.5. The highest BCUT2D eigenvalue weighted by Gasteiger charge is 2.23. The SMILES string of the molecule is OCC(OC1CCCCO1)c1scnc1Cl. The summed E-state index contributed by atoms with van der Waals surface area (Å²) in [5.41, 5.74) is 1.64. The third-order valence-corrected chi connectivity index (χ3v) is 3.80. The summed E-state index contributed by atoms with van der Waals surface area (Å²) in [5.74, 6) is 0. The molecular weight excluding hydrogens is 250 g/mol. The number of ether oxygens (including phenoxy) is 2. The van der Waals surface area contributed by atoms with Crippen molar-refractivity contribution in [3.63, 3.8) is 0 Å². The zero-order valence-electron chi connectivity index (χ0n) is 8.76. The van der Waals surface area contributed by atoms with Crippen LogP contribution >= 0.6 is 22.9 Å². The average molecular weight is 264 g/mol. The second kappa shape index (κ2) is 5.93. The molecule has 2 rings (SSSR count). The van der Waals surface area contributed by atoms with Gasteiger partial charge in [-0.3, -0.25) is 0 Å². The van der Waals surface area contributed by atoms with Gasteiger partial charge in [-0.25, -0.2) is 4.98 Å². The van der Waals surface area contributed by atoms with Crippen molar-refractivity contribution in [2.45, 2.75) is 31.7 Å². The molecule has 1 N–H and O–H groups in total. The average Bonchev–Trinajstić information content (AvgIpc) is 2.74. The first-order valence-electron chi connectivity index (χ1n) is 5.28. The Balaban J connectivity index is 1.97. The van der Waals surface area contributed by atoms with Crippen LogP contribution in [0.4, 0.5) is 0 Å². The van der Waals surface area contributed by atoms with Crippen LogP contribution < -0.4 is 0 Å². The van der Waals surface area contributed by atoms with E-state index >= 15 is 0 Å². The highest BCUT2D eigenvalue weighted by Crippen LogP contribution is 2.30. The van der Waals surface area contributed by atoms with E-state index in [1.807, 2.05) is 0 Å². The first-order chi connectivity index (χ1) is 7.81. The standard InChI is InChI=1S/C10H14ClNO3S/c11-10-9(16-6-12-10)7(5-13)15-8-3-1-2-4-14-8/h6-8,13H,1-5H2. The van der Waals surface area contributed by atoms with Gasteiger partial charge in [0.05, 0.1) is 17.0 Å². The predicted molar refractivity (Wildman–Crippen MR) is 61.6 cm³/mol. The Labute approximate surface area is 103 Å². The molecule has 1 aliphatic heterocycles. The van der Waals surface area contributed by atoms with Crippen molar-refractivity contribution < 1.29 is 14.6 Å². The van der Waals surface area contributed by atoms with E-state index in [-0.39, 0.29) is 12.9 Å². The maximum atomic E-state index is 9.29. The lowest BCUT2D eigenvalue weighted by Gasteiger charge is -2.26. The monoisotopic (exact) mass is 263 g/mol. The lowest BCUT2D eigenvalue weighted by molar-refractivity contribution is -0.196. The van der Waals surface area contributed by atoms with Gasteiger partial charge in [-0.15, -0.1) is 11.3 Å². The van der Waals surface area contributed by atoms with Crippen LogP contribution in [0, 0.1) is 0 Å². The summed E-state index contributed by atoms with van der Waals surface area (Å²) in [6, 6.07) is 0. The highest BCUT2D eigenvalue weighted by molar-refractivity contribution is 7.10. The van der Waals surface area contributed by atoms with Crippen LogP contribution in [0.2, 0.25) is 5.15 Å². The molecule has 0 aromatic carbocycles. The van der Waals surface area contributed by atoms with E-state index in [0.29, 0.717) is 5.15 Å². The number of thiazole rings is 1. The van der Waals surface area contributed by atoms with Crippen LogP contribution in [0.15, 0.2) is 5.51 Å². The smallest absolute Gasteiger partial charge is 0.158 e. The van der Waals surface area contributed by atoms with Gasteiger partial charge >= 0.3 is 0 Å². The fourth-order valence-corrected chi connectivity index (χ4v) is 2.71. The lowest BCUT2D eigenvalue weighted by Crippen LogP contribution is -2.25. The van der Waals surface area contributed by atoms with Crippen molar-refractivity contribution in [2.24, 2.45) is 0 Å². The minimum Gasteiger partial charge on any atom is -0.393 e. The number of aliphatic hydroxyl groups excluding tert-OH is 1. The van der Waals surface area contributed by atoms with Gasteiger partial charge < -0.3 is 14.6 Å². The van der Waals surface area contributed by atoms with E-state index in [0.717, 1.165) is 30.7 Å². The van der Waals surface area contributed by atoms with Gasteiger partial charge in [-0.05, 0) is 19.3 Å². The summed E-state index contributed by atoms with van der Waals surface area (Å²) in [4.78, 5) is 4.69. The summed E-state index contributed by atoms with van der Waals surface area (Å²) in [6.07, 6.45) is 2.38. The van der Waals surface area contributed by atoms with E-state index in [2.05, 4.69) is 4.98 Å². The molecule has 4 nitrogen and oxygen atoms in total. The fourth-order valence-electron chi connectivity index (χ4n) is 1.64. The van der Waals surface area contributed by atoms with E-state index in [4.69, 9.17) is 21.1 Å². The number of aliphatic hydroxyl groups is 1. The van der Waals surface area contributed by atoms with Crippen LogP contribution in [0.3, 0.4) is 0 Å². The zero-order chi connectivity index (χ0) is 11.4. The molecule has 2 heterocycles. The Morgan fingerprint density at radius 3 is 3.12 bits per heavy atom. The summed E-state index contributed by atoms with van der Waals surface area (Å²) in [6.45, 7) is 0.612. The minimum absolute atomic E-state index is 0.109. The third kappa shape index (κ3) is 2.93. The van der Waals surface area contributed by atoms with E-state index in [1.54, 1.807) is 5.51 Å². The Bertz CT molecular complexity index is 328.